The van der Waals surface area contributed by atoms with Crippen LogP contribution in [0.1, 0.15) is 49.5 Å². The van der Waals surface area contributed by atoms with Crippen molar-refractivity contribution >= 4 is 5.91 Å². The first kappa shape index (κ1) is 14.0. The Hall–Kier alpha value is -1.42. The Balaban J connectivity index is 2.09. The highest BCUT2D eigenvalue weighted by molar-refractivity contribution is 5.92. The second kappa shape index (κ2) is 6.66. The van der Waals surface area contributed by atoms with E-state index in [1.54, 1.807) is 12.3 Å². The monoisotopic (exact) mass is 261 g/mol. The fourth-order valence-corrected chi connectivity index (χ4v) is 2.74. The standard InChI is InChI=1S/C15H23N3O/c1-2-11-18(13-8-6-12(16)7-9-13)15(19)14-5-3-4-10-17-14/h3-5,10,12-13H,2,6-9,11,16H2,1H3. The molecule has 1 aromatic rings. The first-order chi connectivity index (χ1) is 9.22. The highest BCUT2D eigenvalue weighted by atomic mass is 16.2. The molecule has 0 radical (unpaired) electrons. The van der Waals surface area contributed by atoms with Gasteiger partial charge in [-0.05, 0) is 44.2 Å². The average Bonchev–Trinajstić information content (AvgIpc) is 2.46. The molecule has 4 nitrogen and oxygen atoms in total. The van der Waals surface area contributed by atoms with Crippen LogP contribution in [0.15, 0.2) is 24.4 Å². The summed E-state index contributed by atoms with van der Waals surface area (Å²) in [6.07, 6.45) is 6.70. The molecule has 4 heteroatoms. The quantitative estimate of drug-likeness (QED) is 0.904. The van der Waals surface area contributed by atoms with Gasteiger partial charge in [0.1, 0.15) is 5.69 Å². The van der Waals surface area contributed by atoms with Crippen molar-refractivity contribution in [1.29, 1.82) is 0 Å². The third kappa shape index (κ3) is 3.53. The van der Waals surface area contributed by atoms with Gasteiger partial charge in [0.15, 0.2) is 0 Å². The number of amides is 1. The Labute approximate surface area is 115 Å². The molecule has 0 saturated heterocycles. The molecule has 0 unspecified atom stereocenters. The fraction of sp³-hybridized carbons (Fsp3) is 0.600. The van der Waals surface area contributed by atoms with Gasteiger partial charge in [0, 0.05) is 24.8 Å². The summed E-state index contributed by atoms with van der Waals surface area (Å²) < 4.78 is 0. The van der Waals surface area contributed by atoms with Crippen LogP contribution in [0.4, 0.5) is 0 Å². The Bertz CT molecular complexity index is 399. The van der Waals surface area contributed by atoms with E-state index < -0.39 is 0 Å². The van der Waals surface area contributed by atoms with Crippen LogP contribution in [0.2, 0.25) is 0 Å². The summed E-state index contributed by atoms with van der Waals surface area (Å²) in [6, 6.07) is 6.13. The molecule has 1 saturated carbocycles. The van der Waals surface area contributed by atoms with Crippen molar-refractivity contribution in [3.05, 3.63) is 30.1 Å². The number of rotatable bonds is 4. The summed E-state index contributed by atoms with van der Waals surface area (Å²) >= 11 is 0. The van der Waals surface area contributed by atoms with Crippen LogP contribution >= 0.6 is 0 Å². The van der Waals surface area contributed by atoms with Gasteiger partial charge in [-0.25, -0.2) is 0 Å². The van der Waals surface area contributed by atoms with Crippen LogP contribution in [-0.4, -0.2) is 34.4 Å². The predicted octanol–water partition coefficient (Wildman–Crippen LogP) is 2.20. The number of hydrogen-bond acceptors (Lipinski definition) is 3. The number of hydrogen-bond donors (Lipinski definition) is 1. The highest BCUT2D eigenvalue weighted by Crippen LogP contribution is 2.23. The molecule has 1 aliphatic carbocycles. The smallest absolute Gasteiger partial charge is 0.272 e. The summed E-state index contributed by atoms with van der Waals surface area (Å²) in [6.45, 7) is 2.91. The van der Waals surface area contributed by atoms with E-state index in [9.17, 15) is 4.79 Å². The number of aromatic nitrogens is 1. The van der Waals surface area contributed by atoms with Crippen molar-refractivity contribution in [2.75, 3.05) is 6.54 Å². The van der Waals surface area contributed by atoms with Gasteiger partial charge < -0.3 is 10.6 Å². The van der Waals surface area contributed by atoms with Gasteiger partial charge in [0.2, 0.25) is 0 Å². The summed E-state index contributed by atoms with van der Waals surface area (Å²) in [4.78, 5) is 18.7. The zero-order valence-electron chi connectivity index (χ0n) is 11.6. The van der Waals surface area contributed by atoms with E-state index in [0.29, 0.717) is 17.8 Å². The lowest BCUT2D eigenvalue weighted by molar-refractivity contribution is 0.0620. The summed E-state index contributed by atoms with van der Waals surface area (Å²) in [5.41, 5.74) is 6.49. The van der Waals surface area contributed by atoms with Crippen molar-refractivity contribution < 1.29 is 4.79 Å². The second-order valence-electron chi connectivity index (χ2n) is 5.28. The lowest BCUT2D eigenvalue weighted by Gasteiger charge is -2.35. The Morgan fingerprint density at radius 1 is 1.37 bits per heavy atom. The average molecular weight is 261 g/mol. The van der Waals surface area contributed by atoms with Crippen LogP contribution in [0.3, 0.4) is 0 Å². The highest BCUT2D eigenvalue weighted by Gasteiger charge is 2.28. The maximum absolute atomic E-state index is 12.5. The summed E-state index contributed by atoms with van der Waals surface area (Å²) in [5.74, 6) is 0.0583. The molecule has 1 aliphatic rings. The van der Waals surface area contributed by atoms with Crippen molar-refractivity contribution in [3.8, 4) is 0 Å². The third-order valence-electron chi connectivity index (χ3n) is 3.79. The minimum atomic E-state index is 0.0583. The molecule has 0 aliphatic heterocycles. The van der Waals surface area contributed by atoms with E-state index in [4.69, 9.17) is 5.73 Å². The Morgan fingerprint density at radius 3 is 2.68 bits per heavy atom. The molecule has 1 heterocycles. The lowest BCUT2D eigenvalue weighted by Crippen LogP contribution is -2.44. The molecule has 104 valence electrons. The molecule has 19 heavy (non-hydrogen) atoms. The minimum Gasteiger partial charge on any atom is -0.334 e. The van der Waals surface area contributed by atoms with Gasteiger partial charge in [0.25, 0.3) is 5.91 Å². The molecule has 0 spiro atoms. The fourth-order valence-electron chi connectivity index (χ4n) is 2.74. The normalized spacial score (nSPS) is 23.1. The van der Waals surface area contributed by atoms with Crippen molar-refractivity contribution in [2.24, 2.45) is 5.73 Å². The number of carbonyl (C=O) groups is 1. The van der Waals surface area contributed by atoms with E-state index in [1.165, 1.54) is 0 Å². The Morgan fingerprint density at radius 2 is 2.11 bits per heavy atom. The molecule has 1 amide bonds. The molecule has 0 bridgehead atoms. The van der Waals surface area contributed by atoms with Crippen molar-refractivity contribution in [1.82, 2.24) is 9.88 Å². The topological polar surface area (TPSA) is 59.2 Å². The second-order valence-corrected chi connectivity index (χ2v) is 5.28. The third-order valence-corrected chi connectivity index (χ3v) is 3.79. The molecular formula is C15H23N3O. The van der Waals surface area contributed by atoms with Crippen LogP contribution in [-0.2, 0) is 0 Å². The molecule has 1 aromatic heterocycles. The van der Waals surface area contributed by atoms with Crippen molar-refractivity contribution in [2.45, 2.75) is 51.1 Å². The molecule has 2 N–H and O–H groups in total. The molecule has 2 rings (SSSR count). The largest absolute Gasteiger partial charge is 0.334 e. The van der Waals surface area contributed by atoms with Crippen molar-refractivity contribution in [3.63, 3.8) is 0 Å². The number of nitrogens with two attached hydrogens (primary N) is 1. The van der Waals surface area contributed by atoms with E-state index in [-0.39, 0.29) is 5.91 Å². The maximum Gasteiger partial charge on any atom is 0.272 e. The van der Waals surface area contributed by atoms with Gasteiger partial charge >= 0.3 is 0 Å². The van der Waals surface area contributed by atoms with E-state index >= 15 is 0 Å². The lowest BCUT2D eigenvalue weighted by atomic mass is 9.90. The van der Waals surface area contributed by atoms with E-state index in [2.05, 4.69) is 11.9 Å². The SMILES string of the molecule is CCCN(C(=O)c1ccccn1)C1CCC(N)CC1. The predicted molar refractivity (Wildman–Crippen MR) is 75.8 cm³/mol. The van der Waals surface area contributed by atoms with E-state index in [1.807, 2.05) is 17.0 Å². The first-order valence-corrected chi connectivity index (χ1v) is 7.20. The molecule has 1 fully saturated rings. The van der Waals surface area contributed by atoms with Gasteiger partial charge in [0.05, 0.1) is 0 Å². The Kier molecular flexibility index (Phi) is 4.91. The van der Waals surface area contributed by atoms with Gasteiger partial charge in [-0.15, -0.1) is 0 Å². The first-order valence-electron chi connectivity index (χ1n) is 7.20. The number of carbonyl (C=O) groups excluding carboxylic acids is 1. The minimum absolute atomic E-state index is 0.0583. The van der Waals surface area contributed by atoms with E-state index in [0.717, 1.165) is 38.6 Å². The summed E-state index contributed by atoms with van der Waals surface area (Å²) in [7, 11) is 0. The van der Waals surface area contributed by atoms with Crippen LogP contribution < -0.4 is 5.73 Å². The molecular weight excluding hydrogens is 238 g/mol. The van der Waals surface area contributed by atoms with Crippen LogP contribution in [0.25, 0.3) is 0 Å². The van der Waals surface area contributed by atoms with Gasteiger partial charge in [-0.1, -0.05) is 13.0 Å². The zero-order chi connectivity index (χ0) is 13.7. The van der Waals surface area contributed by atoms with Gasteiger partial charge in [-0.2, -0.15) is 0 Å². The maximum atomic E-state index is 12.5. The summed E-state index contributed by atoms with van der Waals surface area (Å²) in [5, 5.41) is 0. The zero-order valence-corrected chi connectivity index (χ0v) is 11.6. The van der Waals surface area contributed by atoms with Gasteiger partial charge in [-0.3, -0.25) is 9.78 Å². The van der Waals surface area contributed by atoms with Crippen LogP contribution in [0, 0.1) is 0 Å². The number of pyridine rings is 1. The number of nitrogens with zero attached hydrogens (tertiary/aromatic N) is 2. The molecule has 0 atom stereocenters. The van der Waals surface area contributed by atoms with Crippen LogP contribution in [0.5, 0.6) is 0 Å². The molecule has 0 aromatic carbocycles.